The van der Waals surface area contributed by atoms with Crippen LogP contribution in [0.3, 0.4) is 0 Å². The fourth-order valence-corrected chi connectivity index (χ4v) is 2.59. The minimum atomic E-state index is -0.488. The monoisotopic (exact) mass is 363 g/mol. The van der Waals surface area contributed by atoms with Gasteiger partial charge in [0.05, 0.1) is 22.7 Å². The quantitative estimate of drug-likeness (QED) is 0.446. The van der Waals surface area contributed by atoms with Crippen LogP contribution in [0.25, 0.3) is 0 Å². The lowest BCUT2D eigenvalue weighted by atomic mass is 10.1. The normalized spacial score (nSPS) is 10.2. The van der Waals surface area contributed by atoms with Gasteiger partial charge in [0.15, 0.2) is 0 Å². The number of ether oxygens (including phenoxy) is 1. The first-order valence-electron chi connectivity index (χ1n) is 7.53. The van der Waals surface area contributed by atoms with Crippen LogP contribution in [0.15, 0.2) is 36.4 Å². The van der Waals surface area contributed by atoms with Crippen LogP contribution in [0.4, 0.5) is 11.4 Å². The summed E-state index contributed by atoms with van der Waals surface area (Å²) in [5.74, 6) is 0.484. The van der Waals surface area contributed by atoms with Crippen LogP contribution in [-0.2, 0) is 0 Å². The van der Waals surface area contributed by atoms with Crippen LogP contribution in [0, 0.1) is 17.0 Å². The third kappa shape index (κ3) is 4.84. The Bertz CT molecular complexity index is 755. The van der Waals surface area contributed by atoms with Crippen LogP contribution in [-0.4, -0.2) is 31.0 Å². The fraction of sp³-hybridized carbons (Fsp3) is 0.235. The van der Waals surface area contributed by atoms with E-state index >= 15 is 0 Å². The number of hydrogen-bond acceptors (Lipinski definition) is 5. The first kappa shape index (κ1) is 18.5. The molecule has 0 aliphatic carbocycles. The van der Waals surface area contributed by atoms with Crippen LogP contribution < -0.4 is 15.4 Å². The minimum Gasteiger partial charge on any atom is -0.497 e. The van der Waals surface area contributed by atoms with E-state index in [-0.39, 0.29) is 16.6 Å². The third-order valence-electron chi connectivity index (χ3n) is 3.55. The van der Waals surface area contributed by atoms with Crippen molar-refractivity contribution in [3.05, 3.63) is 62.7 Å². The fourth-order valence-electron chi connectivity index (χ4n) is 2.26. The molecule has 8 heteroatoms. The number of carbonyl (C=O) groups excluding carboxylic acids is 1. The predicted molar refractivity (Wildman–Crippen MR) is 96.7 cm³/mol. The summed E-state index contributed by atoms with van der Waals surface area (Å²) in [6.07, 6.45) is 0. The zero-order chi connectivity index (χ0) is 18.4. The van der Waals surface area contributed by atoms with Gasteiger partial charge in [-0.25, -0.2) is 0 Å². The molecule has 25 heavy (non-hydrogen) atoms. The number of halogens is 1. The molecule has 0 atom stereocenters. The topological polar surface area (TPSA) is 93.5 Å². The molecule has 0 unspecified atom stereocenters. The Morgan fingerprint density at radius 2 is 1.92 bits per heavy atom. The van der Waals surface area contributed by atoms with Gasteiger partial charge in [-0.2, -0.15) is 0 Å². The van der Waals surface area contributed by atoms with Crippen molar-refractivity contribution < 1.29 is 14.5 Å². The van der Waals surface area contributed by atoms with Crippen molar-refractivity contribution >= 4 is 28.9 Å². The number of anilines is 1. The Hall–Kier alpha value is -2.80. The number of methoxy groups -OCH3 is 1. The lowest BCUT2D eigenvalue weighted by Crippen LogP contribution is -2.28. The zero-order valence-electron chi connectivity index (χ0n) is 13.8. The highest BCUT2D eigenvalue weighted by Crippen LogP contribution is 2.30. The van der Waals surface area contributed by atoms with Crippen LogP contribution >= 0.6 is 11.6 Å². The van der Waals surface area contributed by atoms with Gasteiger partial charge in [0, 0.05) is 30.8 Å². The van der Waals surface area contributed by atoms with Gasteiger partial charge in [-0.3, -0.25) is 14.9 Å². The molecule has 0 fully saturated rings. The lowest BCUT2D eigenvalue weighted by molar-refractivity contribution is -0.384. The smallest absolute Gasteiger partial charge is 0.271 e. The second kappa shape index (κ2) is 8.34. The van der Waals surface area contributed by atoms with E-state index < -0.39 is 4.92 Å². The number of aryl methyl sites for hydroxylation is 1. The Morgan fingerprint density at radius 3 is 2.48 bits per heavy atom. The largest absolute Gasteiger partial charge is 0.497 e. The number of nitro groups is 1. The summed E-state index contributed by atoms with van der Waals surface area (Å²) in [5, 5.41) is 16.9. The van der Waals surface area contributed by atoms with E-state index in [1.165, 1.54) is 12.1 Å². The summed E-state index contributed by atoms with van der Waals surface area (Å²) >= 11 is 6.08. The molecule has 0 spiro atoms. The second-order valence-corrected chi connectivity index (χ2v) is 5.69. The highest BCUT2D eigenvalue weighted by molar-refractivity contribution is 6.33. The molecule has 0 bridgehead atoms. The molecule has 2 N–H and O–H groups in total. The molecule has 132 valence electrons. The van der Waals surface area contributed by atoms with Crippen molar-refractivity contribution in [3.63, 3.8) is 0 Å². The van der Waals surface area contributed by atoms with Crippen LogP contribution in [0.1, 0.15) is 15.9 Å². The van der Waals surface area contributed by atoms with Crippen molar-refractivity contribution in [3.8, 4) is 5.75 Å². The highest BCUT2D eigenvalue weighted by Gasteiger charge is 2.13. The number of hydrogen-bond donors (Lipinski definition) is 2. The molecule has 1 amide bonds. The standard InChI is InChI=1S/C17H18ClN3O4/c1-11-9-13(21(23)24)10-15(18)16(11)19-7-8-20-17(22)12-3-5-14(25-2)6-4-12/h3-6,9-10,19H,7-8H2,1-2H3,(H,20,22). The SMILES string of the molecule is COc1ccc(C(=O)NCCNc2c(C)cc([N+](=O)[O-])cc2Cl)cc1. The Kier molecular flexibility index (Phi) is 6.19. The van der Waals surface area contributed by atoms with E-state index in [0.717, 1.165) is 0 Å². The van der Waals surface area contributed by atoms with Gasteiger partial charge < -0.3 is 15.4 Å². The Morgan fingerprint density at radius 1 is 1.24 bits per heavy atom. The number of nitrogens with zero attached hydrogens (tertiary/aromatic N) is 1. The number of non-ortho nitro benzene ring substituents is 1. The van der Waals surface area contributed by atoms with Crippen LogP contribution in [0.2, 0.25) is 5.02 Å². The van der Waals surface area contributed by atoms with Gasteiger partial charge in [0.25, 0.3) is 11.6 Å². The average molecular weight is 364 g/mol. The molecule has 2 aromatic rings. The molecule has 0 radical (unpaired) electrons. The maximum Gasteiger partial charge on any atom is 0.271 e. The van der Waals surface area contributed by atoms with Gasteiger partial charge in [0.2, 0.25) is 0 Å². The Labute approximate surface area is 150 Å². The van der Waals surface area contributed by atoms with Crippen molar-refractivity contribution in [2.75, 3.05) is 25.5 Å². The predicted octanol–water partition coefficient (Wildman–Crippen LogP) is 3.41. The van der Waals surface area contributed by atoms with Gasteiger partial charge in [-0.15, -0.1) is 0 Å². The Balaban J connectivity index is 1.88. The van der Waals surface area contributed by atoms with Crippen LogP contribution in [0.5, 0.6) is 5.75 Å². The van der Waals surface area contributed by atoms with E-state index in [1.54, 1.807) is 38.3 Å². The molecule has 0 aliphatic rings. The summed E-state index contributed by atoms with van der Waals surface area (Å²) in [7, 11) is 1.56. The summed E-state index contributed by atoms with van der Waals surface area (Å²) in [5.41, 5.74) is 1.76. The zero-order valence-corrected chi connectivity index (χ0v) is 14.6. The maximum absolute atomic E-state index is 12.0. The summed E-state index contributed by atoms with van der Waals surface area (Å²) in [6, 6.07) is 9.54. The first-order valence-corrected chi connectivity index (χ1v) is 7.91. The number of rotatable bonds is 7. The van der Waals surface area contributed by atoms with Gasteiger partial charge in [0.1, 0.15) is 5.75 Å². The molecular formula is C17H18ClN3O4. The van der Waals surface area contributed by atoms with Crippen molar-refractivity contribution in [1.29, 1.82) is 0 Å². The first-order chi connectivity index (χ1) is 11.9. The average Bonchev–Trinajstić information content (AvgIpc) is 2.60. The number of amides is 1. The van der Waals surface area contributed by atoms with E-state index in [4.69, 9.17) is 16.3 Å². The van der Waals surface area contributed by atoms with Gasteiger partial charge in [-0.05, 0) is 36.8 Å². The number of carbonyl (C=O) groups is 1. The number of nitrogens with one attached hydrogen (secondary N) is 2. The molecule has 0 aromatic heterocycles. The van der Waals surface area contributed by atoms with E-state index in [0.29, 0.717) is 35.7 Å². The van der Waals surface area contributed by atoms with Crippen molar-refractivity contribution in [2.24, 2.45) is 0 Å². The summed E-state index contributed by atoms with van der Waals surface area (Å²) in [6.45, 7) is 2.54. The van der Waals surface area contributed by atoms with Crippen molar-refractivity contribution in [1.82, 2.24) is 5.32 Å². The van der Waals surface area contributed by atoms with Gasteiger partial charge in [-0.1, -0.05) is 11.6 Å². The summed E-state index contributed by atoms with van der Waals surface area (Å²) in [4.78, 5) is 22.3. The molecule has 0 saturated heterocycles. The molecule has 7 nitrogen and oxygen atoms in total. The van der Waals surface area contributed by atoms with E-state index in [2.05, 4.69) is 10.6 Å². The minimum absolute atomic E-state index is 0.0548. The highest BCUT2D eigenvalue weighted by atomic mass is 35.5. The second-order valence-electron chi connectivity index (χ2n) is 5.29. The third-order valence-corrected chi connectivity index (χ3v) is 3.85. The van der Waals surface area contributed by atoms with Gasteiger partial charge >= 0.3 is 0 Å². The maximum atomic E-state index is 12.0. The molecule has 0 aliphatic heterocycles. The molecule has 2 rings (SSSR count). The number of benzene rings is 2. The number of nitro benzene ring substituents is 1. The van der Waals surface area contributed by atoms with Crippen molar-refractivity contribution in [2.45, 2.75) is 6.92 Å². The molecular weight excluding hydrogens is 346 g/mol. The molecule has 2 aromatic carbocycles. The van der Waals surface area contributed by atoms with E-state index in [9.17, 15) is 14.9 Å². The molecule has 0 saturated carbocycles. The lowest BCUT2D eigenvalue weighted by Gasteiger charge is -2.12. The summed E-state index contributed by atoms with van der Waals surface area (Å²) < 4.78 is 5.05. The molecule has 0 heterocycles. The van der Waals surface area contributed by atoms with E-state index in [1.807, 2.05) is 0 Å².